The van der Waals surface area contributed by atoms with Gasteiger partial charge in [0.2, 0.25) is 0 Å². The van der Waals surface area contributed by atoms with Crippen molar-refractivity contribution in [1.29, 1.82) is 0 Å². The van der Waals surface area contributed by atoms with Crippen molar-refractivity contribution in [2.75, 3.05) is 0 Å². The summed E-state index contributed by atoms with van der Waals surface area (Å²) < 4.78 is 2.66. The molecule has 0 nitrogen and oxygen atoms in total. The predicted molar refractivity (Wildman–Crippen MR) is 74.1 cm³/mol. The van der Waals surface area contributed by atoms with Crippen LogP contribution >= 0.6 is 45.2 Å². The van der Waals surface area contributed by atoms with E-state index in [1.165, 1.54) is 23.5 Å². The molecule has 0 N–H and O–H groups in total. The SMILES string of the molecule is Cc1ccc2c(I)ccc(I)c2c1. The molecule has 0 saturated carbocycles. The largest absolute Gasteiger partial charge is 0.0586 e. The molecule has 0 aliphatic carbocycles. The minimum absolute atomic E-state index is 1.33. The van der Waals surface area contributed by atoms with E-state index >= 15 is 0 Å². The number of fused-ring (bicyclic) bond motifs is 1. The van der Waals surface area contributed by atoms with Gasteiger partial charge in [0.1, 0.15) is 0 Å². The summed E-state index contributed by atoms with van der Waals surface area (Å²) in [5.41, 5.74) is 1.33. The molecule has 0 unspecified atom stereocenters. The maximum Gasteiger partial charge on any atom is 0.0209 e. The summed E-state index contributed by atoms with van der Waals surface area (Å²) in [6.45, 7) is 2.13. The van der Waals surface area contributed by atoms with E-state index in [1.807, 2.05) is 0 Å². The Balaban J connectivity index is 2.92. The van der Waals surface area contributed by atoms with Gasteiger partial charge in [-0.05, 0) is 75.0 Å². The molecule has 0 aliphatic heterocycles. The van der Waals surface area contributed by atoms with Crippen LogP contribution in [0.2, 0.25) is 0 Å². The van der Waals surface area contributed by atoms with Crippen molar-refractivity contribution in [3.8, 4) is 0 Å². The molecule has 66 valence electrons. The van der Waals surface area contributed by atoms with E-state index in [0.29, 0.717) is 0 Å². The monoisotopic (exact) mass is 394 g/mol. The summed E-state index contributed by atoms with van der Waals surface area (Å²) in [5, 5.41) is 2.73. The Bertz CT molecular complexity index is 461. The zero-order valence-corrected chi connectivity index (χ0v) is 11.5. The van der Waals surface area contributed by atoms with Crippen molar-refractivity contribution in [3.63, 3.8) is 0 Å². The molecule has 0 atom stereocenters. The van der Waals surface area contributed by atoms with Gasteiger partial charge in [-0.25, -0.2) is 0 Å². The first-order valence-electron chi connectivity index (χ1n) is 4.03. The van der Waals surface area contributed by atoms with E-state index in [1.54, 1.807) is 0 Å². The predicted octanol–water partition coefficient (Wildman–Crippen LogP) is 4.36. The first-order chi connectivity index (χ1) is 6.18. The van der Waals surface area contributed by atoms with Crippen LogP contribution in [0.25, 0.3) is 10.8 Å². The second kappa shape index (κ2) is 3.73. The first-order valence-corrected chi connectivity index (χ1v) is 6.18. The molecule has 0 heterocycles. The van der Waals surface area contributed by atoms with Crippen LogP contribution in [-0.4, -0.2) is 0 Å². The second-order valence-electron chi connectivity index (χ2n) is 3.08. The van der Waals surface area contributed by atoms with Gasteiger partial charge >= 0.3 is 0 Å². The topological polar surface area (TPSA) is 0 Å². The Morgan fingerprint density at radius 1 is 0.846 bits per heavy atom. The summed E-state index contributed by atoms with van der Waals surface area (Å²) in [4.78, 5) is 0. The van der Waals surface area contributed by atoms with Crippen LogP contribution < -0.4 is 0 Å². The maximum absolute atomic E-state index is 2.39. The molecule has 13 heavy (non-hydrogen) atoms. The van der Waals surface area contributed by atoms with E-state index < -0.39 is 0 Å². The van der Waals surface area contributed by atoms with Gasteiger partial charge in [-0.3, -0.25) is 0 Å². The molecule has 0 saturated heterocycles. The van der Waals surface area contributed by atoms with Crippen molar-refractivity contribution in [2.45, 2.75) is 6.92 Å². The lowest BCUT2D eigenvalue weighted by atomic mass is 10.1. The minimum atomic E-state index is 1.33. The normalized spacial score (nSPS) is 10.7. The Kier molecular flexibility index (Phi) is 2.78. The minimum Gasteiger partial charge on any atom is -0.0586 e. The number of aryl methyl sites for hydroxylation is 1. The molecule has 0 radical (unpaired) electrons. The highest BCUT2D eigenvalue weighted by atomic mass is 127. The summed E-state index contributed by atoms with van der Waals surface area (Å²) in [6, 6.07) is 11.0. The van der Waals surface area contributed by atoms with E-state index in [-0.39, 0.29) is 0 Å². The molecule has 0 aliphatic rings. The van der Waals surface area contributed by atoms with Gasteiger partial charge in [0, 0.05) is 7.14 Å². The highest BCUT2D eigenvalue weighted by Gasteiger charge is 2.01. The molecule has 0 amide bonds. The molecular formula is C11H8I2. The number of rotatable bonds is 0. The van der Waals surface area contributed by atoms with Gasteiger partial charge in [-0.15, -0.1) is 0 Å². The van der Waals surface area contributed by atoms with Crippen LogP contribution in [0.4, 0.5) is 0 Å². The Morgan fingerprint density at radius 2 is 1.46 bits per heavy atom. The molecule has 2 aromatic carbocycles. The fourth-order valence-corrected chi connectivity index (χ4v) is 2.67. The molecular weight excluding hydrogens is 386 g/mol. The van der Waals surface area contributed by atoms with Crippen LogP contribution in [0, 0.1) is 14.1 Å². The summed E-state index contributed by atoms with van der Waals surface area (Å²) >= 11 is 4.77. The summed E-state index contributed by atoms with van der Waals surface area (Å²) in [6.07, 6.45) is 0. The van der Waals surface area contributed by atoms with Crippen LogP contribution in [0.3, 0.4) is 0 Å². The summed E-state index contributed by atoms with van der Waals surface area (Å²) in [5.74, 6) is 0. The third-order valence-electron chi connectivity index (χ3n) is 2.07. The molecule has 2 heteroatoms. The number of hydrogen-bond donors (Lipinski definition) is 0. The van der Waals surface area contributed by atoms with Gasteiger partial charge in [0.25, 0.3) is 0 Å². The van der Waals surface area contributed by atoms with E-state index in [0.717, 1.165) is 0 Å². The Morgan fingerprint density at radius 3 is 2.15 bits per heavy atom. The lowest BCUT2D eigenvalue weighted by molar-refractivity contribution is 1.50. The van der Waals surface area contributed by atoms with Gasteiger partial charge < -0.3 is 0 Å². The zero-order valence-electron chi connectivity index (χ0n) is 7.14. The molecule has 2 aromatic rings. The van der Waals surface area contributed by atoms with Gasteiger partial charge in [-0.2, -0.15) is 0 Å². The quantitative estimate of drug-likeness (QED) is 0.583. The van der Waals surface area contributed by atoms with Crippen molar-refractivity contribution in [3.05, 3.63) is 43.0 Å². The van der Waals surface area contributed by atoms with Crippen LogP contribution in [0.1, 0.15) is 5.56 Å². The van der Waals surface area contributed by atoms with Crippen molar-refractivity contribution >= 4 is 56.0 Å². The van der Waals surface area contributed by atoms with Gasteiger partial charge in [0.05, 0.1) is 0 Å². The maximum atomic E-state index is 2.39. The number of halogens is 2. The average Bonchev–Trinajstić information content (AvgIpc) is 2.12. The van der Waals surface area contributed by atoms with Gasteiger partial charge in [-0.1, -0.05) is 23.8 Å². The average molecular weight is 394 g/mol. The molecule has 2 rings (SSSR count). The zero-order chi connectivity index (χ0) is 9.42. The lowest BCUT2D eigenvalue weighted by Crippen LogP contribution is -1.82. The Hall–Kier alpha value is 0.160. The van der Waals surface area contributed by atoms with Crippen LogP contribution in [0.15, 0.2) is 30.3 Å². The van der Waals surface area contributed by atoms with Crippen LogP contribution in [-0.2, 0) is 0 Å². The molecule has 0 fully saturated rings. The third kappa shape index (κ3) is 1.83. The van der Waals surface area contributed by atoms with E-state index in [2.05, 4.69) is 82.4 Å². The second-order valence-corrected chi connectivity index (χ2v) is 5.40. The van der Waals surface area contributed by atoms with E-state index in [9.17, 15) is 0 Å². The van der Waals surface area contributed by atoms with Crippen molar-refractivity contribution in [2.24, 2.45) is 0 Å². The summed E-state index contributed by atoms with van der Waals surface area (Å²) in [7, 11) is 0. The highest BCUT2D eigenvalue weighted by molar-refractivity contribution is 14.1. The molecule has 0 spiro atoms. The first kappa shape index (κ1) is 9.71. The number of hydrogen-bond acceptors (Lipinski definition) is 0. The Labute approximate surface area is 105 Å². The lowest BCUT2D eigenvalue weighted by Gasteiger charge is -2.03. The van der Waals surface area contributed by atoms with Crippen LogP contribution in [0.5, 0.6) is 0 Å². The highest BCUT2D eigenvalue weighted by Crippen LogP contribution is 2.26. The third-order valence-corrected chi connectivity index (χ3v) is 3.95. The standard InChI is InChI=1S/C11H8I2/c1-7-2-3-8-9(6-7)11(13)5-4-10(8)12/h2-6H,1H3. The van der Waals surface area contributed by atoms with Crippen molar-refractivity contribution in [1.82, 2.24) is 0 Å². The fourth-order valence-electron chi connectivity index (χ4n) is 1.39. The number of benzene rings is 2. The molecule has 0 bridgehead atoms. The van der Waals surface area contributed by atoms with Crippen molar-refractivity contribution < 1.29 is 0 Å². The van der Waals surface area contributed by atoms with Gasteiger partial charge in [0.15, 0.2) is 0 Å². The van der Waals surface area contributed by atoms with E-state index in [4.69, 9.17) is 0 Å². The molecule has 0 aromatic heterocycles. The smallest absolute Gasteiger partial charge is 0.0209 e. The fraction of sp³-hybridized carbons (Fsp3) is 0.0909.